The molecule has 0 spiro atoms. The standard InChI is InChI=1S/C20H17N3O2S/c1-14-12-18(15-6-4-3-5-7-15)20(22-23-21)19(13-14)16-8-10-17(11-9-16)26(2,24)25/h3-13H,1-2H3. The van der Waals surface area contributed by atoms with Crippen LogP contribution in [0.15, 0.2) is 76.7 Å². The zero-order valence-electron chi connectivity index (χ0n) is 14.4. The molecule has 0 atom stereocenters. The fourth-order valence-electron chi connectivity index (χ4n) is 2.87. The summed E-state index contributed by atoms with van der Waals surface area (Å²) in [5.74, 6) is 0. The van der Waals surface area contributed by atoms with Crippen LogP contribution in [-0.2, 0) is 9.84 Å². The molecule has 3 aromatic rings. The molecule has 0 bridgehead atoms. The molecular weight excluding hydrogens is 346 g/mol. The topological polar surface area (TPSA) is 82.9 Å². The van der Waals surface area contributed by atoms with Crippen LogP contribution in [0.1, 0.15) is 5.56 Å². The average Bonchev–Trinajstić information content (AvgIpc) is 2.63. The first kappa shape index (κ1) is 17.7. The predicted octanol–water partition coefficient (Wildman–Crippen LogP) is 5.67. The molecule has 6 heteroatoms. The molecule has 0 radical (unpaired) electrons. The summed E-state index contributed by atoms with van der Waals surface area (Å²) in [5.41, 5.74) is 14.0. The number of hydrogen-bond donors (Lipinski definition) is 0. The molecule has 3 aromatic carbocycles. The number of nitrogens with zero attached hydrogens (tertiary/aromatic N) is 3. The lowest BCUT2D eigenvalue weighted by molar-refractivity contribution is 0.602. The van der Waals surface area contributed by atoms with Crippen LogP contribution in [0.25, 0.3) is 32.7 Å². The Morgan fingerprint density at radius 1 is 0.885 bits per heavy atom. The number of sulfone groups is 1. The van der Waals surface area contributed by atoms with Crippen LogP contribution in [0.5, 0.6) is 0 Å². The zero-order valence-corrected chi connectivity index (χ0v) is 15.2. The van der Waals surface area contributed by atoms with Gasteiger partial charge in [0.15, 0.2) is 9.84 Å². The van der Waals surface area contributed by atoms with E-state index in [2.05, 4.69) is 10.0 Å². The van der Waals surface area contributed by atoms with E-state index < -0.39 is 9.84 Å². The summed E-state index contributed by atoms with van der Waals surface area (Å²) in [5, 5.41) is 3.93. The van der Waals surface area contributed by atoms with E-state index in [0.29, 0.717) is 5.69 Å². The smallest absolute Gasteiger partial charge is 0.175 e. The minimum absolute atomic E-state index is 0.252. The van der Waals surface area contributed by atoms with E-state index in [1.54, 1.807) is 24.3 Å². The van der Waals surface area contributed by atoms with Crippen molar-refractivity contribution >= 4 is 15.5 Å². The van der Waals surface area contributed by atoms with E-state index in [9.17, 15) is 8.42 Å². The van der Waals surface area contributed by atoms with Crippen LogP contribution in [0.2, 0.25) is 0 Å². The lowest BCUT2D eigenvalue weighted by Gasteiger charge is -2.14. The highest BCUT2D eigenvalue weighted by Gasteiger charge is 2.13. The third-order valence-electron chi connectivity index (χ3n) is 4.08. The summed E-state index contributed by atoms with van der Waals surface area (Å²) in [7, 11) is -3.26. The first-order valence-electron chi connectivity index (χ1n) is 7.96. The minimum Gasteiger partial charge on any atom is -0.224 e. The fraction of sp³-hybridized carbons (Fsp3) is 0.100. The van der Waals surface area contributed by atoms with Crippen molar-refractivity contribution in [1.29, 1.82) is 0 Å². The van der Waals surface area contributed by atoms with Gasteiger partial charge in [0.05, 0.1) is 10.6 Å². The highest BCUT2D eigenvalue weighted by atomic mass is 32.2. The van der Waals surface area contributed by atoms with Gasteiger partial charge in [-0.15, -0.1) is 0 Å². The van der Waals surface area contributed by atoms with Gasteiger partial charge in [-0.3, -0.25) is 0 Å². The second kappa shape index (κ2) is 7.04. The molecule has 5 nitrogen and oxygen atoms in total. The molecule has 0 fully saturated rings. The Morgan fingerprint density at radius 2 is 1.42 bits per heavy atom. The van der Waals surface area contributed by atoms with E-state index >= 15 is 0 Å². The summed E-state index contributed by atoms with van der Waals surface area (Å²) < 4.78 is 23.4. The molecule has 0 amide bonds. The number of benzene rings is 3. The number of rotatable bonds is 4. The molecule has 26 heavy (non-hydrogen) atoms. The van der Waals surface area contributed by atoms with E-state index in [0.717, 1.165) is 27.8 Å². The average molecular weight is 363 g/mol. The maximum atomic E-state index is 11.7. The van der Waals surface area contributed by atoms with E-state index in [1.807, 2.05) is 49.4 Å². The monoisotopic (exact) mass is 363 g/mol. The molecule has 0 saturated carbocycles. The van der Waals surface area contributed by atoms with Crippen LogP contribution in [-0.4, -0.2) is 14.7 Å². The summed E-state index contributed by atoms with van der Waals surface area (Å²) in [4.78, 5) is 3.25. The number of azide groups is 1. The van der Waals surface area contributed by atoms with E-state index in [-0.39, 0.29) is 4.90 Å². The summed E-state index contributed by atoms with van der Waals surface area (Å²) >= 11 is 0. The van der Waals surface area contributed by atoms with Crippen molar-refractivity contribution < 1.29 is 8.42 Å². The first-order valence-corrected chi connectivity index (χ1v) is 9.85. The third-order valence-corrected chi connectivity index (χ3v) is 5.21. The second-order valence-corrected chi connectivity index (χ2v) is 8.08. The van der Waals surface area contributed by atoms with Crippen molar-refractivity contribution in [2.75, 3.05) is 6.26 Å². The van der Waals surface area contributed by atoms with Crippen LogP contribution in [0.4, 0.5) is 5.69 Å². The van der Waals surface area contributed by atoms with Crippen LogP contribution in [0.3, 0.4) is 0 Å². The Labute approximate surface area is 152 Å². The molecular formula is C20H17N3O2S. The van der Waals surface area contributed by atoms with Crippen LogP contribution in [0, 0.1) is 6.92 Å². The van der Waals surface area contributed by atoms with Crippen molar-refractivity contribution in [3.8, 4) is 22.3 Å². The maximum absolute atomic E-state index is 11.7. The molecule has 130 valence electrons. The van der Waals surface area contributed by atoms with Gasteiger partial charge in [-0.25, -0.2) is 8.42 Å². The number of aryl methyl sites for hydroxylation is 1. The second-order valence-electron chi connectivity index (χ2n) is 6.06. The van der Waals surface area contributed by atoms with Crippen molar-refractivity contribution in [2.45, 2.75) is 11.8 Å². The largest absolute Gasteiger partial charge is 0.224 e. The molecule has 0 saturated heterocycles. The van der Waals surface area contributed by atoms with Gasteiger partial charge in [0, 0.05) is 11.2 Å². The lowest BCUT2D eigenvalue weighted by Crippen LogP contribution is -1.96. The predicted molar refractivity (Wildman–Crippen MR) is 104 cm³/mol. The first-order chi connectivity index (χ1) is 12.4. The molecule has 0 aliphatic carbocycles. The molecule has 0 aliphatic rings. The lowest BCUT2D eigenvalue weighted by atomic mass is 9.94. The van der Waals surface area contributed by atoms with Crippen molar-refractivity contribution in [2.24, 2.45) is 5.11 Å². The summed E-state index contributed by atoms with van der Waals surface area (Å²) in [6.07, 6.45) is 1.17. The highest BCUT2D eigenvalue weighted by molar-refractivity contribution is 7.90. The maximum Gasteiger partial charge on any atom is 0.175 e. The molecule has 0 aliphatic heterocycles. The van der Waals surface area contributed by atoms with Gasteiger partial charge in [0.1, 0.15) is 0 Å². The minimum atomic E-state index is -3.26. The van der Waals surface area contributed by atoms with E-state index in [4.69, 9.17) is 5.53 Å². The van der Waals surface area contributed by atoms with Gasteiger partial charge in [-0.2, -0.15) is 0 Å². The highest BCUT2D eigenvalue weighted by Crippen LogP contribution is 2.40. The van der Waals surface area contributed by atoms with Gasteiger partial charge in [-0.05, 0) is 52.4 Å². The van der Waals surface area contributed by atoms with Gasteiger partial charge in [0.25, 0.3) is 0 Å². The third kappa shape index (κ3) is 3.61. The summed E-state index contributed by atoms with van der Waals surface area (Å²) in [6.45, 7) is 1.97. The zero-order chi connectivity index (χ0) is 18.7. The Balaban J connectivity index is 2.24. The van der Waals surface area contributed by atoms with E-state index in [1.165, 1.54) is 6.26 Å². The van der Waals surface area contributed by atoms with Gasteiger partial charge < -0.3 is 0 Å². The fourth-order valence-corrected chi connectivity index (χ4v) is 3.50. The Kier molecular flexibility index (Phi) is 4.80. The molecule has 0 aromatic heterocycles. The molecule has 0 N–H and O–H groups in total. The van der Waals surface area contributed by atoms with Gasteiger partial charge >= 0.3 is 0 Å². The Bertz CT molecular complexity index is 1100. The SMILES string of the molecule is Cc1cc(-c2ccccc2)c(N=[N+]=[N-])c(-c2ccc(S(C)(=O)=O)cc2)c1. The molecule has 3 rings (SSSR count). The Hall–Kier alpha value is -3.08. The number of hydrogen-bond acceptors (Lipinski definition) is 3. The molecule has 0 heterocycles. The normalized spacial score (nSPS) is 11.0. The quantitative estimate of drug-likeness (QED) is 0.340. The van der Waals surface area contributed by atoms with Gasteiger partial charge in [0.2, 0.25) is 0 Å². The molecule has 0 unspecified atom stereocenters. The Morgan fingerprint density at radius 3 is 1.92 bits per heavy atom. The summed E-state index contributed by atoms with van der Waals surface area (Å²) in [6, 6.07) is 20.2. The van der Waals surface area contributed by atoms with Crippen molar-refractivity contribution in [3.63, 3.8) is 0 Å². The van der Waals surface area contributed by atoms with Crippen molar-refractivity contribution in [1.82, 2.24) is 0 Å². The van der Waals surface area contributed by atoms with Crippen molar-refractivity contribution in [3.05, 3.63) is 82.7 Å². The van der Waals surface area contributed by atoms with Crippen LogP contribution >= 0.6 is 0 Å². The van der Waals surface area contributed by atoms with Gasteiger partial charge in [-0.1, -0.05) is 59.7 Å². The van der Waals surface area contributed by atoms with Crippen LogP contribution < -0.4 is 0 Å².